The molecule has 0 aliphatic heterocycles. The second-order valence-corrected chi connectivity index (χ2v) is 7.34. The lowest BCUT2D eigenvalue weighted by atomic mass is 9.73. The summed E-state index contributed by atoms with van der Waals surface area (Å²) in [5.74, 6) is -0.429. The number of aryl methyl sites for hydroxylation is 2. The fourth-order valence-corrected chi connectivity index (χ4v) is 3.56. The molecule has 1 saturated carbocycles. The zero-order valence-corrected chi connectivity index (χ0v) is 15.7. The lowest BCUT2D eigenvalue weighted by molar-refractivity contribution is -0.936. The first-order chi connectivity index (χ1) is 11.2. The first-order valence-electron chi connectivity index (χ1n) is 8.52. The van der Waals surface area contributed by atoms with E-state index in [1.54, 1.807) is 6.07 Å². The molecule has 5 nitrogen and oxygen atoms in total. The molecular formula is C19H29N2O3+. The SMILES string of the molecule is CC[N+](C)(C)C1(C(=O)Nc2c(C)cc(C)cc2C(=O)OC)CCC1. The van der Waals surface area contributed by atoms with Crippen LogP contribution in [0.25, 0.3) is 0 Å². The molecule has 1 amide bonds. The number of methoxy groups -OCH3 is 1. The van der Waals surface area contributed by atoms with E-state index in [1.165, 1.54) is 7.11 Å². The fourth-order valence-electron chi connectivity index (χ4n) is 3.56. The van der Waals surface area contributed by atoms with E-state index < -0.39 is 11.5 Å². The van der Waals surface area contributed by atoms with Gasteiger partial charge in [0.25, 0.3) is 5.91 Å². The van der Waals surface area contributed by atoms with E-state index in [9.17, 15) is 9.59 Å². The summed E-state index contributed by atoms with van der Waals surface area (Å²) in [5, 5.41) is 3.05. The highest BCUT2D eigenvalue weighted by atomic mass is 16.5. The van der Waals surface area contributed by atoms with Gasteiger partial charge in [-0.3, -0.25) is 4.79 Å². The zero-order valence-electron chi connectivity index (χ0n) is 15.7. The minimum absolute atomic E-state index is 0.00212. The maximum Gasteiger partial charge on any atom is 0.339 e. The highest BCUT2D eigenvalue weighted by Gasteiger charge is 2.56. The molecule has 0 bridgehead atoms. The Balaban J connectivity index is 2.41. The van der Waals surface area contributed by atoms with Crippen molar-refractivity contribution in [3.8, 4) is 0 Å². The van der Waals surface area contributed by atoms with Crippen LogP contribution in [0, 0.1) is 13.8 Å². The van der Waals surface area contributed by atoms with Crippen LogP contribution in [0.15, 0.2) is 12.1 Å². The van der Waals surface area contributed by atoms with Crippen LogP contribution in [0.2, 0.25) is 0 Å². The first-order valence-corrected chi connectivity index (χ1v) is 8.52. The quantitative estimate of drug-likeness (QED) is 0.665. The second-order valence-electron chi connectivity index (χ2n) is 7.34. The number of carbonyl (C=O) groups excluding carboxylic acids is 2. The van der Waals surface area contributed by atoms with Gasteiger partial charge in [-0.2, -0.15) is 0 Å². The van der Waals surface area contributed by atoms with Gasteiger partial charge in [0.2, 0.25) is 0 Å². The van der Waals surface area contributed by atoms with Gasteiger partial charge in [0.05, 0.1) is 39.0 Å². The number of esters is 1. The molecule has 0 aromatic heterocycles. The Labute approximate surface area is 144 Å². The molecule has 1 aliphatic rings. The van der Waals surface area contributed by atoms with Crippen LogP contribution in [0.4, 0.5) is 5.69 Å². The minimum Gasteiger partial charge on any atom is -0.465 e. The van der Waals surface area contributed by atoms with Crippen molar-refractivity contribution in [2.45, 2.75) is 45.6 Å². The second kappa shape index (κ2) is 6.55. The van der Waals surface area contributed by atoms with Gasteiger partial charge in [-0.25, -0.2) is 4.79 Å². The number of nitrogens with zero attached hydrogens (tertiary/aromatic N) is 1. The number of anilines is 1. The number of carbonyl (C=O) groups is 2. The van der Waals surface area contributed by atoms with Crippen molar-refractivity contribution in [1.82, 2.24) is 0 Å². The minimum atomic E-state index is -0.427. The predicted molar refractivity (Wildman–Crippen MR) is 95.1 cm³/mol. The average Bonchev–Trinajstić information content (AvgIpc) is 2.47. The molecule has 0 spiro atoms. The van der Waals surface area contributed by atoms with Gasteiger partial charge in [0, 0.05) is 12.8 Å². The Morgan fingerprint density at radius 1 is 1.25 bits per heavy atom. The van der Waals surface area contributed by atoms with Gasteiger partial charge in [-0.1, -0.05) is 6.07 Å². The first kappa shape index (κ1) is 18.5. The van der Waals surface area contributed by atoms with Crippen LogP contribution in [0.5, 0.6) is 0 Å². The smallest absolute Gasteiger partial charge is 0.339 e. The van der Waals surface area contributed by atoms with E-state index in [4.69, 9.17) is 4.74 Å². The predicted octanol–water partition coefficient (Wildman–Crippen LogP) is 3.05. The molecule has 0 atom stereocenters. The summed E-state index contributed by atoms with van der Waals surface area (Å²) in [7, 11) is 5.56. The van der Waals surface area contributed by atoms with E-state index in [0.29, 0.717) is 15.7 Å². The van der Waals surface area contributed by atoms with Gasteiger partial charge in [-0.15, -0.1) is 0 Å². The van der Waals surface area contributed by atoms with Crippen LogP contribution in [-0.4, -0.2) is 49.6 Å². The Morgan fingerprint density at radius 3 is 2.33 bits per heavy atom. The summed E-state index contributed by atoms with van der Waals surface area (Å²) < 4.78 is 5.54. The number of hydrogen-bond acceptors (Lipinski definition) is 3. The van der Waals surface area contributed by atoms with Gasteiger partial charge < -0.3 is 14.5 Å². The molecule has 1 aromatic carbocycles. The molecule has 0 heterocycles. The van der Waals surface area contributed by atoms with E-state index >= 15 is 0 Å². The highest BCUT2D eigenvalue weighted by molar-refractivity contribution is 6.05. The molecule has 132 valence electrons. The number of quaternary nitrogens is 1. The van der Waals surface area contributed by atoms with Crippen molar-refractivity contribution < 1.29 is 18.8 Å². The molecule has 1 fully saturated rings. The molecule has 2 rings (SSSR count). The van der Waals surface area contributed by atoms with Crippen molar-refractivity contribution >= 4 is 17.6 Å². The summed E-state index contributed by atoms with van der Waals surface area (Å²) in [5.41, 5.74) is 2.41. The summed E-state index contributed by atoms with van der Waals surface area (Å²) in [6.07, 6.45) is 2.81. The molecular weight excluding hydrogens is 304 g/mol. The maximum absolute atomic E-state index is 13.1. The molecule has 24 heavy (non-hydrogen) atoms. The van der Waals surface area contributed by atoms with Crippen LogP contribution >= 0.6 is 0 Å². The Morgan fingerprint density at radius 2 is 1.88 bits per heavy atom. The molecule has 5 heteroatoms. The third kappa shape index (κ3) is 2.93. The standard InChI is InChI=1S/C19H28N2O3/c1-7-21(4,5)19(9-8-10-19)18(23)20-16-14(3)11-13(2)12-15(16)17(22)24-6/h11-12H,7-10H2,1-6H3/p+1. The lowest BCUT2D eigenvalue weighted by Crippen LogP contribution is -2.69. The van der Waals surface area contributed by atoms with Gasteiger partial charge in [0.1, 0.15) is 0 Å². The van der Waals surface area contributed by atoms with Crippen LogP contribution in [-0.2, 0) is 9.53 Å². The maximum atomic E-state index is 13.1. The third-order valence-corrected chi connectivity index (χ3v) is 5.68. The Kier molecular flexibility index (Phi) is 5.04. The normalized spacial score (nSPS) is 16.2. The number of rotatable bonds is 5. The fraction of sp³-hybridized carbons (Fsp3) is 0.579. The number of amides is 1. The van der Waals surface area contributed by atoms with Crippen molar-refractivity contribution in [3.05, 3.63) is 28.8 Å². The summed E-state index contributed by atoms with van der Waals surface area (Å²) in [6, 6.07) is 3.73. The van der Waals surface area contributed by atoms with Crippen molar-refractivity contribution in [2.75, 3.05) is 33.1 Å². The number of ether oxygens (including phenoxy) is 1. The van der Waals surface area contributed by atoms with Gasteiger partial charge >= 0.3 is 5.97 Å². The van der Waals surface area contributed by atoms with Crippen molar-refractivity contribution in [3.63, 3.8) is 0 Å². The number of benzene rings is 1. The topological polar surface area (TPSA) is 55.4 Å². The van der Waals surface area contributed by atoms with Crippen molar-refractivity contribution in [1.29, 1.82) is 0 Å². The van der Waals surface area contributed by atoms with Crippen molar-refractivity contribution in [2.24, 2.45) is 0 Å². The molecule has 1 aromatic rings. The third-order valence-electron chi connectivity index (χ3n) is 5.68. The van der Waals surface area contributed by atoms with Crippen LogP contribution in [0.1, 0.15) is 47.7 Å². The average molecular weight is 333 g/mol. The van der Waals surface area contributed by atoms with E-state index in [1.807, 2.05) is 19.9 Å². The molecule has 0 saturated heterocycles. The molecule has 0 radical (unpaired) electrons. The lowest BCUT2D eigenvalue weighted by Gasteiger charge is -2.52. The number of hydrogen-bond donors (Lipinski definition) is 1. The van der Waals surface area contributed by atoms with Gasteiger partial charge in [0.15, 0.2) is 5.54 Å². The number of nitrogens with one attached hydrogen (secondary N) is 1. The Bertz CT molecular complexity index is 661. The van der Waals surface area contributed by atoms with E-state index in [-0.39, 0.29) is 5.91 Å². The van der Waals surface area contributed by atoms with E-state index in [2.05, 4.69) is 26.3 Å². The molecule has 1 aliphatic carbocycles. The largest absolute Gasteiger partial charge is 0.465 e. The van der Waals surface area contributed by atoms with Gasteiger partial charge in [-0.05, 0) is 44.4 Å². The summed E-state index contributed by atoms with van der Waals surface area (Å²) in [6.45, 7) is 6.81. The molecule has 1 N–H and O–H groups in total. The van der Waals surface area contributed by atoms with E-state index in [0.717, 1.165) is 36.9 Å². The summed E-state index contributed by atoms with van der Waals surface area (Å²) in [4.78, 5) is 25.3. The van der Waals surface area contributed by atoms with Crippen LogP contribution in [0.3, 0.4) is 0 Å². The van der Waals surface area contributed by atoms with Crippen LogP contribution < -0.4 is 5.32 Å². The highest BCUT2D eigenvalue weighted by Crippen LogP contribution is 2.42. The Hall–Kier alpha value is -1.88. The number of likely N-dealkylation sites (N-methyl/N-ethyl adjacent to an activating group) is 1. The monoisotopic (exact) mass is 333 g/mol. The zero-order chi connectivity index (χ0) is 18.1. The summed E-state index contributed by atoms with van der Waals surface area (Å²) >= 11 is 0. The molecule has 0 unspecified atom stereocenters.